The molecular weight excluding hydrogens is 348 g/mol. The van der Waals surface area contributed by atoms with E-state index in [4.69, 9.17) is 14.5 Å². The molecule has 0 heterocycles. The van der Waals surface area contributed by atoms with E-state index in [-0.39, 0.29) is 18.2 Å². The van der Waals surface area contributed by atoms with Gasteiger partial charge in [0, 0.05) is 18.2 Å². The van der Waals surface area contributed by atoms with Crippen LogP contribution in [0.5, 0.6) is 0 Å². The van der Waals surface area contributed by atoms with Crippen LogP contribution in [0.2, 0.25) is 0 Å². The highest BCUT2D eigenvalue weighted by Crippen LogP contribution is 2.13. The summed E-state index contributed by atoms with van der Waals surface area (Å²) in [6.45, 7) is 5.81. The average Bonchev–Trinajstić information content (AvgIpc) is 2.65. The van der Waals surface area contributed by atoms with Crippen molar-refractivity contribution in [2.24, 2.45) is 15.5 Å². The maximum Gasteiger partial charge on any atom is 0.273 e. The average molecular weight is 374 g/mol. The molecular formula is C19H26N4O4. The lowest BCUT2D eigenvalue weighted by molar-refractivity contribution is -0.114. The number of nitrogens with one attached hydrogen (secondary N) is 1. The Morgan fingerprint density at radius 3 is 2.33 bits per heavy atom. The Balaban J connectivity index is 3.04. The number of likely N-dealkylation sites (N-methyl/N-ethyl adjacent to an activating group) is 1. The summed E-state index contributed by atoms with van der Waals surface area (Å²) in [6, 6.07) is 7.24. The molecule has 146 valence electrons. The quantitative estimate of drug-likeness (QED) is 0.531. The van der Waals surface area contributed by atoms with E-state index in [0.717, 1.165) is 11.1 Å². The van der Waals surface area contributed by atoms with Crippen LogP contribution in [0.25, 0.3) is 0 Å². The Labute approximate surface area is 159 Å². The molecule has 0 fully saturated rings. The SMILES string of the molecule is CNC(=O)/C(=N/OC)c1ccccc1CO/N=C(C)/C(C=C(C)C)=N/OC. The molecule has 1 aromatic rings. The monoisotopic (exact) mass is 374 g/mol. The fourth-order valence-electron chi connectivity index (χ4n) is 2.11. The van der Waals surface area contributed by atoms with Gasteiger partial charge in [0.05, 0.1) is 0 Å². The lowest BCUT2D eigenvalue weighted by atomic mass is 10.0. The second-order valence-electron chi connectivity index (χ2n) is 5.69. The van der Waals surface area contributed by atoms with Gasteiger partial charge in [-0.05, 0) is 26.8 Å². The van der Waals surface area contributed by atoms with Gasteiger partial charge in [-0.3, -0.25) is 4.79 Å². The molecule has 27 heavy (non-hydrogen) atoms. The predicted octanol–water partition coefficient (Wildman–Crippen LogP) is 2.64. The van der Waals surface area contributed by atoms with Crippen LogP contribution in [0.15, 0.2) is 51.4 Å². The second kappa shape index (κ2) is 11.5. The minimum atomic E-state index is -0.359. The Kier molecular flexibility index (Phi) is 9.28. The van der Waals surface area contributed by atoms with Gasteiger partial charge in [-0.15, -0.1) is 0 Å². The van der Waals surface area contributed by atoms with E-state index >= 15 is 0 Å². The van der Waals surface area contributed by atoms with Crippen molar-refractivity contribution in [1.29, 1.82) is 0 Å². The van der Waals surface area contributed by atoms with E-state index in [1.54, 1.807) is 19.1 Å². The number of hydrogen-bond donors (Lipinski definition) is 1. The van der Waals surface area contributed by atoms with Gasteiger partial charge in [-0.1, -0.05) is 45.3 Å². The molecule has 0 bridgehead atoms. The summed E-state index contributed by atoms with van der Waals surface area (Å²) in [4.78, 5) is 27.2. The molecule has 8 nitrogen and oxygen atoms in total. The van der Waals surface area contributed by atoms with Gasteiger partial charge in [-0.25, -0.2) is 0 Å². The number of allylic oxidation sites excluding steroid dienone is 2. The molecule has 0 unspecified atom stereocenters. The molecule has 0 aliphatic heterocycles. The van der Waals surface area contributed by atoms with Gasteiger partial charge in [0.1, 0.15) is 32.2 Å². The van der Waals surface area contributed by atoms with Crippen LogP contribution in [-0.2, 0) is 25.9 Å². The highest BCUT2D eigenvalue weighted by Gasteiger charge is 2.17. The van der Waals surface area contributed by atoms with Gasteiger partial charge in [0.25, 0.3) is 5.91 Å². The van der Waals surface area contributed by atoms with Gasteiger partial charge in [0.15, 0.2) is 5.71 Å². The number of amides is 1. The van der Waals surface area contributed by atoms with Crippen LogP contribution in [0, 0.1) is 0 Å². The molecule has 1 aromatic carbocycles. The normalized spacial score (nSPS) is 12.3. The Morgan fingerprint density at radius 1 is 1.07 bits per heavy atom. The van der Waals surface area contributed by atoms with Gasteiger partial charge in [0.2, 0.25) is 0 Å². The van der Waals surface area contributed by atoms with Crippen molar-refractivity contribution in [2.45, 2.75) is 27.4 Å². The first-order chi connectivity index (χ1) is 12.9. The van der Waals surface area contributed by atoms with Crippen molar-refractivity contribution >= 4 is 23.0 Å². The lowest BCUT2D eigenvalue weighted by Crippen LogP contribution is -2.29. The summed E-state index contributed by atoms with van der Waals surface area (Å²) in [6.07, 6.45) is 1.84. The number of carbonyl (C=O) groups is 1. The second-order valence-corrected chi connectivity index (χ2v) is 5.69. The molecule has 0 saturated carbocycles. The summed E-state index contributed by atoms with van der Waals surface area (Å²) in [5.41, 5.74) is 3.68. The van der Waals surface area contributed by atoms with E-state index in [0.29, 0.717) is 17.0 Å². The molecule has 0 atom stereocenters. The summed E-state index contributed by atoms with van der Waals surface area (Å²) in [5.74, 6) is -0.359. The topological polar surface area (TPSA) is 93.9 Å². The smallest absolute Gasteiger partial charge is 0.273 e. The van der Waals surface area contributed by atoms with Crippen molar-refractivity contribution < 1.29 is 19.3 Å². The fourth-order valence-corrected chi connectivity index (χ4v) is 2.11. The molecule has 0 aliphatic carbocycles. The number of carbonyl (C=O) groups excluding carboxylic acids is 1. The number of benzene rings is 1. The van der Waals surface area contributed by atoms with Crippen molar-refractivity contribution in [3.8, 4) is 0 Å². The van der Waals surface area contributed by atoms with Crippen LogP contribution in [-0.4, -0.2) is 44.3 Å². The van der Waals surface area contributed by atoms with Gasteiger partial charge >= 0.3 is 0 Å². The maximum absolute atomic E-state index is 12.1. The minimum absolute atomic E-state index is 0.141. The molecule has 0 aromatic heterocycles. The third-order valence-corrected chi connectivity index (χ3v) is 3.30. The first-order valence-corrected chi connectivity index (χ1v) is 8.29. The van der Waals surface area contributed by atoms with E-state index in [9.17, 15) is 4.79 Å². The van der Waals surface area contributed by atoms with Gasteiger partial charge < -0.3 is 19.8 Å². The van der Waals surface area contributed by atoms with Crippen LogP contribution in [0.3, 0.4) is 0 Å². The number of nitrogens with zero attached hydrogens (tertiary/aromatic N) is 3. The minimum Gasteiger partial charge on any atom is -0.399 e. The summed E-state index contributed by atoms with van der Waals surface area (Å²) in [7, 11) is 4.38. The van der Waals surface area contributed by atoms with Crippen LogP contribution in [0.1, 0.15) is 31.9 Å². The van der Waals surface area contributed by atoms with Crippen LogP contribution >= 0.6 is 0 Å². The molecule has 0 spiro atoms. The molecule has 0 aliphatic rings. The lowest BCUT2D eigenvalue weighted by Gasteiger charge is -2.10. The Bertz CT molecular complexity index is 763. The van der Waals surface area contributed by atoms with Crippen molar-refractivity contribution in [2.75, 3.05) is 21.3 Å². The summed E-state index contributed by atoms with van der Waals surface area (Å²) < 4.78 is 0. The van der Waals surface area contributed by atoms with Crippen LogP contribution in [0.4, 0.5) is 0 Å². The third kappa shape index (κ3) is 6.93. The standard InChI is InChI=1S/C19H26N4O4/c1-13(2)11-17(22-25-5)14(3)21-27-12-15-9-7-8-10-16(15)18(23-26-6)19(24)20-4/h7-11H,12H2,1-6H3,(H,20,24)/b21-14+,22-17+,23-18+. The van der Waals surface area contributed by atoms with E-state index < -0.39 is 0 Å². The zero-order valence-electron chi connectivity index (χ0n) is 16.6. The highest BCUT2D eigenvalue weighted by atomic mass is 16.6. The maximum atomic E-state index is 12.1. The van der Waals surface area contributed by atoms with E-state index in [1.807, 2.05) is 32.1 Å². The molecule has 0 radical (unpaired) electrons. The number of hydrogen-bond acceptors (Lipinski definition) is 7. The Hall–Kier alpha value is -3.16. The molecule has 8 heteroatoms. The zero-order valence-corrected chi connectivity index (χ0v) is 16.6. The number of rotatable bonds is 9. The van der Waals surface area contributed by atoms with Gasteiger partial charge in [-0.2, -0.15) is 0 Å². The molecule has 1 rings (SSSR count). The van der Waals surface area contributed by atoms with Crippen molar-refractivity contribution in [3.63, 3.8) is 0 Å². The first kappa shape index (κ1) is 21.9. The molecule has 1 N–H and O–H groups in total. The third-order valence-electron chi connectivity index (χ3n) is 3.30. The number of oxime groups is 3. The molecule has 0 saturated heterocycles. The van der Waals surface area contributed by atoms with Crippen molar-refractivity contribution in [1.82, 2.24) is 5.32 Å². The van der Waals surface area contributed by atoms with E-state index in [2.05, 4.69) is 20.8 Å². The predicted molar refractivity (Wildman–Crippen MR) is 106 cm³/mol. The largest absolute Gasteiger partial charge is 0.399 e. The first-order valence-electron chi connectivity index (χ1n) is 8.29. The highest BCUT2D eigenvalue weighted by molar-refractivity contribution is 6.46. The van der Waals surface area contributed by atoms with Crippen molar-refractivity contribution in [3.05, 3.63) is 47.0 Å². The summed E-state index contributed by atoms with van der Waals surface area (Å²) >= 11 is 0. The Morgan fingerprint density at radius 2 is 1.74 bits per heavy atom. The zero-order chi connectivity index (χ0) is 20.2. The molecule has 1 amide bonds. The summed E-state index contributed by atoms with van der Waals surface area (Å²) in [5, 5.41) is 14.4. The fraction of sp³-hybridized carbons (Fsp3) is 0.368. The van der Waals surface area contributed by atoms with E-state index in [1.165, 1.54) is 21.3 Å². The van der Waals surface area contributed by atoms with Crippen LogP contribution < -0.4 is 5.32 Å².